The van der Waals surface area contributed by atoms with Gasteiger partial charge in [-0.05, 0) is 17.7 Å². The van der Waals surface area contributed by atoms with Crippen molar-refractivity contribution in [3.05, 3.63) is 34.3 Å². The summed E-state index contributed by atoms with van der Waals surface area (Å²) < 4.78 is 30.7. The molecule has 88 valence electrons. The first-order valence-corrected chi connectivity index (χ1v) is 5.13. The lowest BCUT2D eigenvalue weighted by Crippen LogP contribution is -2.51. The predicted molar refractivity (Wildman–Crippen MR) is 58.0 cm³/mol. The van der Waals surface area contributed by atoms with Crippen molar-refractivity contribution in [1.29, 1.82) is 0 Å². The molecule has 0 radical (unpaired) electrons. The van der Waals surface area contributed by atoms with Gasteiger partial charge in [0.25, 0.3) is 6.43 Å². The van der Waals surface area contributed by atoms with Crippen LogP contribution in [0.15, 0.2) is 28.7 Å². The number of carbonyl (C=O) groups is 1. The van der Waals surface area contributed by atoms with Gasteiger partial charge in [0.05, 0.1) is 7.11 Å². The summed E-state index contributed by atoms with van der Waals surface area (Å²) in [6.45, 7) is 0. The first kappa shape index (κ1) is 13.1. The summed E-state index contributed by atoms with van der Waals surface area (Å²) in [6.07, 6.45) is -3.05. The van der Waals surface area contributed by atoms with Crippen molar-refractivity contribution in [2.75, 3.05) is 7.11 Å². The van der Waals surface area contributed by atoms with Crippen molar-refractivity contribution in [2.45, 2.75) is 12.0 Å². The van der Waals surface area contributed by atoms with Gasteiger partial charge in [-0.3, -0.25) is 0 Å². The molecule has 0 aliphatic rings. The van der Waals surface area contributed by atoms with E-state index in [2.05, 4.69) is 20.7 Å². The van der Waals surface area contributed by atoms with Crippen molar-refractivity contribution in [1.82, 2.24) is 0 Å². The van der Waals surface area contributed by atoms with E-state index in [1.165, 1.54) is 18.2 Å². The van der Waals surface area contributed by atoms with Crippen LogP contribution < -0.4 is 5.73 Å². The van der Waals surface area contributed by atoms with Crippen molar-refractivity contribution in [3.8, 4) is 0 Å². The number of hydrogen-bond acceptors (Lipinski definition) is 3. The van der Waals surface area contributed by atoms with Gasteiger partial charge in [0.1, 0.15) is 0 Å². The van der Waals surface area contributed by atoms with Crippen LogP contribution in [0.4, 0.5) is 8.78 Å². The number of halogens is 3. The first-order valence-electron chi connectivity index (χ1n) is 4.34. The third-order valence-electron chi connectivity index (χ3n) is 2.17. The largest absolute Gasteiger partial charge is 0.467 e. The van der Waals surface area contributed by atoms with Gasteiger partial charge in [0.15, 0.2) is 0 Å². The van der Waals surface area contributed by atoms with E-state index in [1.807, 2.05) is 0 Å². The lowest BCUT2D eigenvalue weighted by Gasteiger charge is -2.26. The van der Waals surface area contributed by atoms with Gasteiger partial charge in [-0.15, -0.1) is 0 Å². The van der Waals surface area contributed by atoms with Crippen molar-refractivity contribution in [2.24, 2.45) is 5.73 Å². The summed E-state index contributed by atoms with van der Waals surface area (Å²) in [7, 11) is 1.02. The molecule has 0 fully saturated rings. The predicted octanol–water partition coefficient (Wildman–Crippen LogP) is 2.04. The average Bonchev–Trinajstić information content (AvgIpc) is 2.26. The van der Waals surface area contributed by atoms with E-state index < -0.39 is 17.9 Å². The van der Waals surface area contributed by atoms with Crippen LogP contribution in [0.1, 0.15) is 5.56 Å². The van der Waals surface area contributed by atoms with Crippen LogP contribution in [0.25, 0.3) is 0 Å². The molecule has 0 aliphatic heterocycles. The Morgan fingerprint density at radius 3 is 2.62 bits per heavy atom. The van der Waals surface area contributed by atoms with Crippen LogP contribution in [-0.2, 0) is 15.1 Å². The minimum Gasteiger partial charge on any atom is -0.467 e. The molecule has 0 saturated heterocycles. The highest BCUT2D eigenvalue weighted by Gasteiger charge is 2.46. The van der Waals surface area contributed by atoms with Gasteiger partial charge in [-0.25, -0.2) is 13.6 Å². The number of rotatable bonds is 3. The molecule has 2 N–H and O–H groups in total. The molecule has 1 rings (SSSR count). The molecule has 16 heavy (non-hydrogen) atoms. The summed E-state index contributed by atoms with van der Waals surface area (Å²) >= 11 is 3.12. The number of alkyl halides is 2. The highest BCUT2D eigenvalue weighted by Crippen LogP contribution is 2.29. The zero-order valence-electron chi connectivity index (χ0n) is 8.41. The van der Waals surface area contributed by atoms with E-state index in [0.29, 0.717) is 4.47 Å². The Balaban J connectivity index is 3.27. The van der Waals surface area contributed by atoms with Crippen LogP contribution >= 0.6 is 15.9 Å². The Morgan fingerprint density at radius 1 is 1.56 bits per heavy atom. The van der Waals surface area contributed by atoms with E-state index in [-0.39, 0.29) is 5.56 Å². The maximum atomic E-state index is 12.9. The minimum atomic E-state index is -3.05. The van der Waals surface area contributed by atoms with Gasteiger partial charge >= 0.3 is 5.97 Å². The number of esters is 1. The number of hydrogen-bond donors (Lipinski definition) is 1. The quantitative estimate of drug-likeness (QED) is 0.868. The highest BCUT2D eigenvalue weighted by atomic mass is 79.9. The number of ether oxygens (including phenoxy) is 1. The Kier molecular flexibility index (Phi) is 3.98. The van der Waals surface area contributed by atoms with E-state index in [4.69, 9.17) is 5.73 Å². The third kappa shape index (κ3) is 2.22. The van der Waals surface area contributed by atoms with Gasteiger partial charge in [0.2, 0.25) is 5.54 Å². The summed E-state index contributed by atoms with van der Waals surface area (Å²) in [6, 6.07) is 5.88. The summed E-state index contributed by atoms with van der Waals surface area (Å²) in [5.74, 6) is -1.17. The minimum absolute atomic E-state index is 0.00345. The summed E-state index contributed by atoms with van der Waals surface area (Å²) in [4.78, 5) is 11.3. The van der Waals surface area contributed by atoms with Crippen LogP contribution in [0, 0.1) is 0 Å². The lowest BCUT2D eigenvalue weighted by atomic mass is 9.91. The zero-order valence-corrected chi connectivity index (χ0v) is 10.0. The second-order valence-corrected chi connectivity index (χ2v) is 4.09. The van der Waals surface area contributed by atoms with Crippen LogP contribution in [0.3, 0.4) is 0 Å². The number of benzene rings is 1. The fourth-order valence-corrected chi connectivity index (χ4v) is 1.65. The van der Waals surface area contributed by atoms with Crippen LogP contribution in [0.2, 0.25) is 0 Å². The Morgan fingerprint density at radius 2 is 2.19 bits per heavy atom. The molecule has 1 aromatic rings. The van der Waals surface area contributed by atoms with Crippen LogP contribution in [0.5, 0.6) is 0 Å². The SMILES string of the molecule is COC(=O)C(N)(c1cccc(Br)c1)C(F)F. The second-order valence-electron chi connectivity index (χ2n) is 3.17. The number of nitrogens with two attached hydrogens (primary N) is 1. The van der Waals surface area contributed by atoms with E-state index in [0.717, 1.165) is 7.11 Å². The average molecular weight is 294 g/mol. The summed E-state index contributed by atoms with van der Waals surface area (Å²) in [5, 5.41) is 0. The Bertz CT molecular complexity index is 400. The van der Waals surface area contributed by atoms with E-state index in [9.17, 15) is 13.6 Å². The number of methoxy groups -OCH3 is 1. The Hall–Kier alpha value is -1.01. The lowest BCUT2D eigenvalue weighted by molar-refractivity contribution is -0.154. The first-order chi connectivity index (χ1) is 7.42. The van der Waals surface area contributed by atoms with Crippen molar-refractivity contribution in [3.63, 3.8) is 0 Å². The fourth-order valence-electron chi connectivity index (χ4n) is 1.25. The second kappa shape index (κ2) is 4.88. The van der Waals surface area contributed by atoms with Gasteiger partial charge in [0, 0.05) is 4.47 Å². The molecule has 0 heterocycles. The topological polar surface area (TPSA) is 52.3 Å². The molecule has 1 unspecified atom stereocenters. The molecule has 1 atom stereocenters. The molecule has 0 bridgehead atoms. The van der Waals surface area contributed by atoms with E-state index in [1.54, 1.807) is 6.07 Å². The van der Waals surface area contributed by atoms with Crippen molar-refractivity contribution >= 4 is 21.9 Å². The van der Waals surface area contributed by atoms with Gasteiger partial charge in [-0.2, -0.15) is 0 Å². The smallest absolute Gasteiger partial charge is 0.336 e. The molecular weight excluding hydrogens is 284 g/mol. The molecule has 0 aromatic heterocycles. The fraction of sp³-hybridized carbons (Fsp3) is 0.300. The molecular formula is C10H10BrF2NO2. The monoisotopic (exact) mass is 293 g/mol. The maximum absolute atomic E-state index is 12.9. The van der Waals surface area contributed by atoms with Gasteiger partial charge < -0.3 is 10.5 Å². The molecule has 3 nitrogen and oxygen atoms in total. The van der Waals surface area contributed by atoms with E-state index >= 15 is 0 Å². The molecule has 0 saturated carbocycles. The Labute approximate surface area is 99.7 Å². The molecule has 0 spiro atoms. The van der Waals surface area contributed by atoms with Gasteiger partial charge in [-0.1, -0.05) is 28.1 Å². The standard InChI is InChI=1S/C10H10BrF2NO2/c1-16-9(15)10(14,8(12)13)6-3-2-4-7(11)5-6/h2-5,8H,14H2,1H3. The number of carbonyl (C=O) groups excluding carboxylic acids is 1. The van der Waals surface area contributed by atoms with Crippen molar-refractivity contribution < 1.29 is 18.3 Å². The molecule has 1 aromatic carbocycles. The molecule has 0 amide bonds. The highest BCUT2D eigenvalue weighted by molar-refractivity contribution is 9.10. The van der Waals surface area contributed by atoms with Crippen LogP contribution in [-0.4, -0.2) is 19.5 Å². The third-order valence-corrected chi connectivity index (χ3v) is 2.66. The molecule has 6 heteroatoms. The summed E-state index contributed by atoms with van der Waals surface area (Å²) in [5.41, 5.74) is 3.01. The maximum Gasteiger partial charge on any atom is 0.336 e. The zero-order chi connectivity index (χ0) is 12.3. The normalized spacial score (nSPS) is 14.6. The molecule has 0 aliphatic carbocycles.